The molecule has 0 atom stereocenters. The average Bonchev–Trinajstić information content (AvgIpc) is 2.95. The van der Waals surface area contributed by atoms with Gasteiger partial charge >= 0.3 is 12.1 Å². The van der Waals surface area contributed by atoms with Gasteiger partial charge in [-0.3, -0.25) is 0 Å². The molecule has 0 spiro atoms. The number of rotatable bonds is 6. The minimum atomic E-state index is -4.69. The number of hydrogen-bond donors (Lipinski definition) is 2. The fraction of sp³-hybridized carbons (Fsp3) is 0.417. The molecule has 0 aromatic carbocycles. The Kier molecular flexibility index (Phi) is 4.81. The third kappa shape index (κ3) is 3.85. The Balaban J connectivity index is 2.10. The first-order chi connectivity index (χ1) is 10.4. The second-order valence-electron chi connectivity index (χ2n) is 4.21. The van der Waals surface area contributed by atoms with E-state index < -0.39 is 12.1 Å². The normalized spacial score (nSPS) is 11.6. The molecule has 0 saturated heterocycles. The fourth-order valence-electron chi connectivity index (χ4n) is 1.59. The van der Waals surface area contributed by atoms with Crippen LogP contribution in [0.1, 0.15) is 12.8 Å². The van der Waals surface area contributed by atoms with Gasteiger partial charge in [0.05, 0.1) is 12.3 Å². The number of nitrogen functional groups attached to an aromatic ring is 1. The largest absolute Gasteiger partial charge is 0.471 e. The minimum Gasteiger partial charge on any atom is -0.396 e. The number of nitrogens with one attached hydrogen (secondary N) is 1. The Bertz CT molecular complexity index is 629. The van der Waals surface area contributed by atoms with E-state index in [-0.39, 0.29) is 17.1 Å². The van der Waals surface area contributed by atoms with E-state index in [0.29, 0.717) is 25.6 Å². The zero-order valence-corrected chi connectivity index (χ0v) is 11.6. The molecule has 2 aromatic heterocycles. The average molecular weight is 317 g/mol. The molecule has 2 aromatic rings. The van der Waals surface area contributed by atoms with E-state index >= 15 is 0 Å². The minimum absolute atomic E-state index is 0.229. The summed E-state index contributed by atoms with van der Waals surface area (Å²) in [5, 5.41) is 6.22. The van der Waals surface area contributed by atoms with Crippen LogP contribution in [0.2, 0.25) is 0 Å². The molecule has 0 aliphatic heterocycles. The van der Waals surface area contributed by atoms with Crippen molar-refractivity contribution in [1.82, 2.24) is 15.1 Å². The predicted octanol–water partition coefficient (Wildman–Crippen LogP) is 2.18. The van der Waals surface area contributed by atoms with Gasteiger partial charge in [0.1, 0.15) is 5.82 Å². The second-order valence-corrected chi connectivity index (χ2v) is 4.21. The standard InChI is InChI=1S/C12H14F3N5O2/c1-2-21-4-3-17-10-8(16)5-7(6-18-10)9-19-11(22-20-9)12(13,14)15/h5-6H,2-4,16H2,1H3,(H,17,18). The molecular formula is C12H14F3N5O2. The maximum absolute atomic E-state index is 12.4. The molecule has 0 unspecified atom stereocenters. The molecule has 2 heterocycles. The summed E-state index contributed by atoms with van der Waals surface area (Å²) in [6.07, 6.45) is -3.38. The van der Waals surface area contributed by atoms with Gasteiger partial charge in [-0.1, -0.05) is 5.16 Å². The third-order valence-electron chi connectivity index (χ3n) is 2.59. The van der Waals surface area contributed by atoms with Gasteiger partial charge in [-0.2, -0.15) is 18.2 Å². The van der Waals surface area contributed by atoms with E-state index in [9.17, 15) is 13.2 Å². The van der Waals surface area contributed by atoms with Gasteiger partial charge in [0.25, 0.3) is 0 Å². The lowest BCUT2D eigenvalue weighted by Crippen LogP contribution is -2.11. The molecule has 2 rings (SSSR count). The third-order valence-corrected chi connectivity index (χ3v) is 2.59. The van der Waals surface area contributed by atoms with Crippen molar-refractivity contribution in [2.24, 2.45) is 0 Å². The van der Waals surface area contributed by atoms with E-state index in [0.717, 1.165) is 0 Å². The molecule has 7 nitrogen and oxygen atoms in total. The highest BCUT2D eigenvalue weighted by atomic mass is 19.4. The van der Waals surface area contributed by atoms with Gasteiger partial charge in [0, 0.05) is 24.9 Å². The van der Waals surface area contributed by atoms with Crippen molar-refractivity contribution in [1.29, 1.82) is 0 Å². The lowest BCUT2D eigenvalue weighted by molar-refractivity contribution is -0.159. The van der Waals surface area contributed by atoms with Crippen LogP contribution in [0.4, 0.5) is 24.7 Å². The number of ether oxygens (including phenoxy) is 1. The highest BCUT2D eigenvalue weighted by Crippen LogP contribution is 2.30. The molecule has 0 aliphatic carbocycles. The summed E-state index contributed by atoms with van der Waals surface area (Å²) in [7, 11) is 0. The number of nitrogens with zero attached hydrogens (tertiary/aromatic N) is 3. The number of pyridine rings is 1. The quantitative estimate of drug-likeness (QED) is 0.788. The Labute approximate surface area is 123 Å². The van der Waals surface area contributed by atoms with Crippen molar-refractivity contribution < 1.29 is 22.4 Å². The summed E-state index contributed by atoms with van der Waals surface area (Å²) in [4.78, 5) is 7.30. The second kappa shape index (κ2) is 6.60. The van der Waals surface area contributed by atoms with Crippen LogP contribution >= 0.6 is 0 Å². The molecular weight excluding hydrogens is 303 g/mol. The number of halogens is 3. The highest BCUT2D eigenvalue weighted by molar-refractivity contribution is 5.69. The summed E-state index contributed by atoms with van der Waals surface area (Å²) in [5.41, 5.74) is 6.28. The Morgan fingerprint density at radius 3 is 2.77 bits per heavy atom. The topological polar surface area (TPSA) is 99.1 Å². The number of hydrogen-bond acceptors (Lipinski definition) is 7. The first kappa shape index (κ1) is 16.0. The first-order valence-corrected chi connectivity index (χ1v) is 6.40. The fourth-order valence-corrected chi connectivity index (χ4v) is 1.59. The number of nitrogens with two attached hydrogens (primary N) is 1. The monoisotopic (exact) mass is 317 g/mol. The predicted molar refractivity (Wildman–Crippen MR) is 71.9 cm³/mol. The molecule has 0 fully saturated rings. The summed E-state index contributed by atoms with van der Waals surface area (Å²) < 4.78 is 46.5. The Morgan fingerprint density at radius 2 is 2.18 bits per heavy atom. The zero-order chi connectivity index (χ0) is 16.2. The van der Waals surface area contributed by atoms with Gasteiger partial charge in [-0.25, -0.2) is 4.98 Å². The van der Waals surface area contributed by atoms with Crippen LogP contribution in [0.3, 0.4) is 0 Å². The Morgan fingerprint density at radius 1 is 1.41 bits per heavy atom. The maximum atomic E-state index is 12.4. The van der Waals surface area contributed by atoms with Gasteiger partial charge in [-0.15, -0.1) is 0 Å². The van der Waals surface area contributed by atoms with E-state index in [1.165, 1.54) is 12.3 Å². The van der Waals surface area contributed by atoms with Crippen LogP contribution in [0.15, 0.2) is 16.8 Å². The Hall–Kier alpha value is -2.36. The number of alkyl halides is 3. The van der Waals surface area contributed by atoms with Gasteiger partial charge < -0.3 is 20.3 Å². The van der Waals surface area contributed by atoms with Gasteiger partial charge in [0.15, 0.2) is 0 Å². The van der Waals surface area contributed by atoms with E-state index in [1.807, 2.05) is 6.92 Å². The molecule has 0 aliphatic rings. The van der Waals surface area contributed by atoms with Crippen LogP contribution in [0, 0.1) is 0 Å². The van der Waals surface area contributed by atoms with Crippen molar-refractivity contribution in [3.63, 3.8) is 0 Å². The van der Waals surface area contributed by atoms with Crippen molar-refractivity contribution >= 4 is 11.5 Å². The molecule has 0 bridgehead atoms. The SMILES string of the molecule is CCOCCNc1ncc(-c2noc(C(F)(F)F)n2)cc1N. The first-order valence-electron chi connectivity index (χ1n) is 6.40. The molecule has 120 valence electrons. The lowest BCUT2D eigenvalue weighted by Gasteiger charge is -2.08. The van der Waals surface area contributed by atoms with Crippen molar-refractivity contribution in [2.45, 2.75) is 13.1 Å². The van der Waals surface area contributed by atoms with E-state index in [4.69, 9.17) is 10.5 Å². The van der Waals surface area contributed by atoms with Crippen LogP contribution in [-0.4, -0.2) is 34.9 Å². The van der Waals surface area contributed by atoms with Crippen molar-refractivity contribution in [2.75, 3.05) is 30.8 Å². The van der Waals surface area contributed by atoms with Crippen molar-refractivity contribution in [3.8, 4) is 11.4 Å². The molecule has 0 radical (unpaired) electrons. The van der Waals surface area contributed by atoms with Gasteiger partial charge in [-0.05, 0) is 13.0 Å². The smallest absolute Gasteiger partial charge is 0.396 e. The molecule has 22 heavy (non-hydrogen) atoms. The summed E-state index contributed by atoms with van der Waals surface area (Å²) in [6.45, 7) is 3.47. The van der Waals surface area contributed by atoms with Crippen molar-refractivity contribution in [3.05, 3.63) is 18.2 Å². The highest BCUT2D eigenvalue weighted by Gasteiger charge is 2.38. The zero-order valence-electron chi connectivity index (χ0n) is 11.6. The van der Waals surface area contributed by atoms with E-state index in [1.54, 1.807) is 0 Å². The molecule has 0 amide bonds. The summed E-state index contributed by atoms with van der Waals surface area (Å²) in [5.74, 6) is -1.24. The van der Waals surface area contributed by atoms with Crippen LogP contribution < -0.4 is 11.1 Å². The van der Waals surface area contributed by atoms with E-state index in [2.05, 4.69) is 25.0 Å². The maximum Gasteiger partial charge on any atom is 0.471 e. The number of anilines is 2. The number of aromatic nitrogens is 3. The molecule has 3 N–H and O–H groups in total. The van der Waals surface area contributed by atoms with Crippen LogP contribution in [0.5, 0.6) is 0 Å². The summed E-state index contributed by atoms with van der Waals surface area (Å²) in [6, 6.07) is 1.42. The molecule has 0 saturated carbocycles. The van der Waals surface area contributed by atoms with Crippen LogP contribution in [0.25, 0.3) is 11.4 Å². The lowest BCUT2D eigenvalue weighted by atomic mass is 10.2. The molecule has 10 heteroatoms. The summed E-state index contributed by atoms with van der Waals surface area (Å²) >= 11 is 0. The van der Waals surface area contributed by atoms with Gasteiger partial charge in [0.2, 0.25) is 5.82 Å². The van der Waals surface area contributed by atoms with Crippen LogP contribution in [-0.2, 0) is 10.9 Å².